The number of hydrogen-bond donors (Lipinski definition) is 2. The molecule has 1 atom stereocenters. The van der Waals surface area contributed by atoms with Crippen LogP contribution in [0.25, 0.3) is 0 Å². The summed E-state index contributed by atoms with van der Waals surface area (Å²) in [5.41, 5.74) is 0. The van der Waals surface area contributed by atoms with E-state index in [9.17, 15) is 8.42 Å². The lowest BCUT2D eigenvalue weighted by Gasteiger charge is -2.32. The topological polar surface area (TPSA) is 61.4 Å². The molecule has 0 radical (unpaired) electrons. The Balaban J connectivity index is 2.28. The molecule has 0 aromatic rings. The first-order valence-electron chi connectivity index (χ1n) is 5.91. The second kappa shape index (κ2) is 4.25. The number of sulfonamides is 1. The minimum atomic E-state index is -3.21. The summed E-state index contributed by atoms with van der Waals surface area (Å²) in [6.45, 7) is 6.35. The minimum absolute atomic E-state index is 0.00387. The second-order valence-electron chi connectivity index (χ2n) is 5.16. The van der Waals surface area contributed by atoms with E-state index in [1.807, 2.05) is 0 Å². The fourth-order valence-corrected chi connectivity index (χ4v) is 4.11. The van der Waals surface area contributed by atoms with Crippen molar-refractivity contribution in [3.8, 4) is 0 Å². The summed E-state index contributed by atoms with van der Waals surface area (Å²) in [6.07, 6.45) is 1.99. The maximum atomic E-state index is 12.5. The third-order valence-electron chi connectivity index (χ3n) is 3.45. The first-order valence-corrected chi connectivity index (χ1v) is 7.35. The molecule has 0 aromatic heterocycles. The summed E-state index contributed by atoms with van der Waals surface area (Å²) in [5, 5.41) is 6.46. The van der Waals surface area contributed by atoms with Crippen LogP contribution in [0.1, 0.15) is 26.7 Å². The molecule has 2 aliphatic rings. The van der Waals surface area contributed by atoms with Gasteiger partial charge in [-0.25, -0.2) is 8.42 Å². The fraction of sp³-hybridized carbons (Fsp3) is 1.00. The Morgan fingerprint density at radius 2 is 2.06 bits per heavy atom. The molecule has 2 aliphatic heterocycles. The van der Waals surface area contributed by atoms with Crippen LogP contribution in [-0.2, 0) is 10.0 Å². The summed E-state index contributed by atoms with van der Waals surface area (Å²) in [6, 6.07) is 0. The fourth-order valence-electron chi connectivity index (χ4n) is 2.34. The predicted molar refractivity (Wildman–Crippen MR) is 63.6 cm³/mol. The predicted octanol–water partition coefficient (Wildman–Crippen LogP) is -0.290. The largest absolute Gasteiger partial charge is 0.314 e. The van der Waals surface area contributed by atoms with E-state index in [0.29, 0.717) is 13.1 Å². The van der Waals surface area contributed by atoms with Gasteiger partial charge in [0.2, 0.25) is 10.0 Å². The molecule has 1 unspecified atom stereocenters. The van der Waals surface area contributed by atoms with E-state index in [4.69, 9.17) is 0 Å². The SMILES string of the molecule is CC1(C)CNCCN(C2CCCN2)S1(=O)=O. The molecule has 0 spiro atoms. The lowest BCUT2D eigenvalue weighted by Crippen LogP contribution is -2.52. The van der Waals surface area contributed by atoms with Crippen LogP contribution in [0.4, 0.5) is 0 Å². The molecule has 2 rings (SSSR count). The molecule has 0 aliphatic carbocycles. The molecule has 94 valence electrons. The summed E-state index contributed by atoms with van der Waals surface area (Å²) in [5.74, 6) is 0. The molecule has 6 heteroatoms. The van der Waals surface area contributed by atoms with Crippen LogP contribution in [0.5, 0.6) is 0 Å². The van der Waals surface area contributed by atoms with Crippen LogP contribution in [-0.4, -0.2) is 49.8 Å². The molecule has 2 N–H and O–H groups in total. The number of nitrogens with zero attached hydrogens (tertiary/aromatic N) is 1. The quantitative estimate of drug-likeness (QED) is 0.668. The number of hydrogen-bond acceptors (Lipinski definition) is 4. The second-order valence-corrected chi connectivity index (χ2v) is 7.69. The minimum Gasteiger partial charge on any atom is -0.314 e. The standard InChI is InChI=1S/C10H21N3O2S/c1-10(2)8-11-6-7-13(16(10,14)15)9-4-3-5-12-9/h9,11-12H,3-8H2,1-2H3. The molecule has 2 fully saturated rings. The van der Waals surface area contributed by atoms with Gasteiger partial charge >= 0.3 is 0 Å². The highest BCUT2D eigenvalue weighted by molar-refractivity contribution is 7.90. The normalized spacial score (nSPS) is 34.8. The van der Waals surface area contributed by atoms with Crippen molar-refractivity contribution in [3.05, 3.63) is 0 Å². The third-order valence-corrected chi connectivity index (χ3v) is 6.04. The van der Waals surface area contributed by atoms with Crippen LogP contribution in [0.3, 0.4) is 0 Å². The molecular formula is C10H21N3O2S. The lowest BCUT2D eigenvalue weighted by atomic mass is 10.2. The van der Waals surface area contributed by atoms with Crippen molar-refractivity contribution in [2.24, 2.45) is 0 Å². The van der Waals surface area contributed by atoms with Crippen molar-refractivity contribution in [2.75, 3.05) is 26.2 Å². The maximum Gasteiger partial charge on any atom is 0.221 e. The van der Waals surface area contributed by atoms with E-state index in [-0.39, 0.29) is 6.17 Å². The van der Waals surface area contributed by atoms with Gasteiger partial charge < -0.3 is 10.6 Å². The Hall–Kier alpha value is -0.170. The summed E-state index contributed by atoms with van der Waals surface area (Å²) < 4.78 is 25.9. The van der Waals surface area contributed by atoms with Gasteiger partial charge in [0.05, 0.1) is 10.9 Å². The monoisotopic (exact) mass is 247 g/mol. The van der Waals surface area contributed by atoms with Crippen LogP contribution in [0, 0.1) is 0 Å². The van der Waals surface area contributed by atoms with Crippen molar-refractivity contribution in [2.45, 2.75) is 37.6 Å². The Bertz CT molecular complexity index is 347. The Morgan fingerprint density at radius 1 is 1.31 bits per heavy atom. The molecule has 0 amide bonds. The van der Waals surface area contributed by atoms with Gasteiger partial charge in [-0.05, 0) is 33.2 Å². The van der Waals surface area contributed by atoms with E-state index in [1.54, 1.807) is 18.2 Å². The van der Waals surface area contributed by atoms with Gasteiger partial charge in [0, 0.05) is 19.6 Å². The average molecular weight is 247 g/mol. The summed E-state index contributed by atoms with van der Waals surface area (Å²) >= 11 is 0. The first kappa shape index (κ1) is 12.3. The summed E-state index contributed by atoms with van der Waals surface area (Å²) in [7, 11) is -3.21. The van der Waals surface area contributed by atoms with E-state index < -0.39 is 14.8 Å². The zero-order valence-corrected chi connectivity index (χ0v) is 10.8. The van der Waals surface area contributed by atoms with Crippen LogP contribution in [0.15, 0.2) is 0 Å². The van der Waals surface area contributed by atoms with Crippen molar-refractivity contribution in [1.82, 2.24) is 14.9 Å². The zero-order valence-electron chi connectivity index (χ0n) is 9.99. The molecule has 16 heavy (non-hydrogen) atoms. The molecule has 2 saturated heterocycles. The van der Waals surface area contributed by atoms with Crippen molar-refractivity contribution in [3.63, 3.8) is 0 Å². The molecule has 5 nitrogen and oxygen atoms in total. The highest BCUT2D eigenvalue weighted by atomic mass is 32.2. The van der Waals surface area contributed by atoms with E-state index in [2.05, 4.69) is 10.6 Å². The third kappa shape index (κ3) is 1.99. The summed E-state index contributed by atoms with van der Waals surface area (Å²) in [4.78, 5) is 0. The van der Waals surface area contributed by atoms with Crippen LogP contribution >= 0.6 is 0 Å². The van der Waals surface area contributed by atoms with Gasteiger partial charge in [0.1, 0.15) is 0 Å². The van der Waals surface area contributed by atoms with Gasteiger partial charge in [-0.3, -0.25) is 0 Å². The molecule has 0 bridgehead atoms. The van der Waals surface area contributed by atoms with E-state index in [1.165, 1.54) is 0 Å². The van der Waals surface area contributed by atoms with E-state index in [0.717, 1.165) is 25.9 Å². The molecule has 0 aromatic carbocycles. The molecule has 2 heterocycles. The molecular weight excluding hydrogens is 226 g/mol. The van der Waals surface area contributed by atoms with Crippen molar-refractivity contribution >= 4 is 10.0 Å². The Labute approximate surface area is 97.6 Å². The Morgan fingerprint density at radius 3 is 2.69 bits per heavy atom. The smallest absolute Gasteiger partial charge is 0.221 e. The van der Waals surface area contributed by atoms with Crippen molar-refractivity contribution in [1.29, 1.82) is 0 Å². The maximum absolute atomic E-state index is 12.5. The van der Waals surface area contributed by atoms with Crippen LogP contribution < -0.4 is 10.6 Å². The van der Waals surface area contributed by atoms with Crippen molar-refractivity contribution < 1.29 is 8.42 Å². The van der Waals surface area contributed by atoms with Gasteiger partial charge in [-0.1, -0.05) is 0 Å². The number of rotatable bonds is 1. The molecule has 0 saturated carbocycles. The van der Waals surface area contributed by atoms with Gasteiger partial charge in [-0.15, -0.1) is 0 Å². The lowest BCUT2D eigenvalue weighted by molar-refractivity contribution is 0.302. The van der Waals surface area contributed by atoms with Gasteiger partial charge in [0.15, 0.2) is 0 Å². The first-order chi connectivity index (χ1) is 7.45. The van der Waals surface area contributed by atoms with Gasteiger partial charge in [-0.2, -0.15) is 4.31 Å². The highest BCUT2D eigenvalue weighted by Crippen LogP contribution is 2.26. The highest BCUT2D eigenvalue weighted by Gasteiger charge is 2.44. The van der Waals surface area contributed by atoms with Crippen LogP contribution in [0.2, 0.25) is 0 Å². The average Bonchev–Trinajstić information content (AvgIpc) is 2.66. The number of nitrogens with one attached hydrogen (secondary N) is 2. The Kier molecular flexibility index (Phi) is 3.27. The van der Waals surface area contributed by atoms with Gasteiger partial charge in [0.25, 0.3) is 0 Å². The zero-order chi connectivity index (χ0) is 11.8. The van der Waals surface area contributed by atoms with E-state index >= 15 is 0 Å².